The minimum Gasteiger partial charge on any atom is -0.456 e. The molecular weight excluding hydrogens is 657 g/mol. The number of para-hydroxylation sites is 2. The van der Waals surface area contributed by atoms with E-state index in [0.29, 0.717) is 5.92 Å². The van der Waals surface area contributed by atoms with Gasteiger partial charge in [-0.3, -0.25) is 0 Å². The van der Waals surface area contributed by atoms with Crippen molar-refractivity contribution in [1.29, 1.82) is 0 Å². The normalized spacial score (nSPS) is 14.4. The third kappa shape index (κ3) is 4.18. The summed E-state index contributed by atoms with van der Waals surface area (Å²) in [6.45, 7) is 2.30. The van der Waals surface area contributed by atoms with Gasteiger partial charge in [0.2, 0.25) is 0 Å². The fraction of sp³-hybridized carbons (Fsp3) is 0.0588. The largest absolute Gasteiger partial charge is 0.456 e. The van der Waals surface area contributed by atoms with Gasteiger partial charge in [-0.25, -0.2) is 0 Å². The van der Waals surface area contributed by atoms with Crippen LogP contribution < -0.4 is 0 Å². The molecule has 0 fully saturated rings. The van der Waals surface area contributed by atoms with Crippen LogP contribution in [0.5, 0.6) is 0 Å². The van der Waals surface area contributed by atoms with Crippen LogP contribution in [0.25, 0.3) is 105 Å². The topological polar surface area (TPSA) is 23.0 Å². The number of aromatic nitrogens is 2. The Kier molecular flexibility index (Phi) is 6.10. The van der Waals surface area contributed by atoms with Gasteiger partial charge in [-0.15, -0.1) is 0 Å². The Bertz CT molecular complexity index is 3380. The summed E-state index contributed by atoms with van der Waals surface area (Å²) in [5.74, 6) is 0.531. The summed E-state index contributed by atoms with van der Waals surface area (Å²) in [5, 5.41) is 9.69. The smallest absolute Gasteiger partial charge is 0.136 e. The molecule has 1 aliphatic carbocycles. The van der Waals surface area contributed by atoms with E-state index in [9.17, 15) is 0 Å². The first-order chi connectivity index (χ1) is 26.7. The van der Waals surface area contributed by atoms with Gasteiger partial charge in [0.05, 0.1) is 33.4 Å². The van der Waals surface area contributed by atoms with Gasteiger partial charge in [-0.2, -0.15) is 0 Å². The lowest BCUT2D eigenvalue weighted by molar-refractivity contribution is 0.669. The maximum atomic E-state index is 6.47. The molecule has 0 spiro atoms. The number of allylic oxidation sites excluding steroid dienone is 1. The molecule has 54 heavy (non-hydrogen) atoms. The Balaban J connectivity index is 1.11. The fourth-order valence-electron chi connectivity index (χ4n) is 9.33. The van der Waals surface area contributed by atoms with E-state index in [2.05, 4.69) is 180 Å². The highest BCUT2D eigenvalue weighted by Crippen LogP contribution is 2.42. The molecule has 8 aromatic carbocycles. The second kappa shape index (κ2) is 11.1. The molecule has 1 unspecified atom stereocenters. The SMILES string of the molecule is CC1C=Cc2c(cccc2-n2c3ccc(-c4ccc5c(c4)c4ccccc4n5-c4cccc5ccccc45)cc3c3cc4oc5ccccc5c4cc32)C1. The predicted octanol–water partition coefficient (Wildman–Crippen LogP) is 13.8. The summed E-state index contributed by atoms with van der Waals surface area (Å²) in [4.78, 5) is 0. The fourth-order valence-corrected chi connectivity index (χ4v) is 9.33. The number of hydrogen-bond donors (Lipinski definition) is 0. The molecule has 3 heterocycles. The van der Waals surface area contributed by atoms with Crippen molar-refractivity contribution in [2.24, 2.45) is 5.92 Å². The second-order valence-electron chi connectivity index (χ2n) is 15.0. The summed E-state index contributed by atoms with van der Waals surface area (Å²) in [6, 6.07) is 57.9. The number of furan rings is 1. The van der Waals surface area contributed by atoms with E-state index < -0.39 is 0 Å². The van der Waals surface area contributed by atoms with Crippen LogP contribution in [-0.4, -0.2) is 9.13 Å². The van der Waals surface area contributed by atoms with E-state index in [4.69, 9.17) is 4.42 Å². The van der Waals surface area contributed by atoms with Crippen molar-refractivity contribution in [1.82, 2.24) is 9.13 Å². The van der Waals surface area contributed by atoms with Gasteiger partial charge in [0.15, 0.2) is 0 Å². The molecule has 11 aromatic rings. The first kappa shape index (κ1) is 29.7. The van der Waals surface area contributed by atoms with Crippen LogP contribution in [0.15, 0.2) is 168 Å². The molecule has 0 N–H and O–H groups in total. The number of nitrogens with zero attached hydrogens (tertiary/aromatic N) is 2. The standard InChI is InChI=1S/C51H34N2O/c1-31-20-23-37-35(26-31)12-9-18-45(37)53-48-25-22-34(28-41(48)42-30-51-43(29-49(42)53)39-15-5-7-19-50(39)54-51)33-21-24-47-40(27-33)38-14-4-6-16-46(38)52(47)44-17-8-11-32-10-2-3-13-36(32)44/h2-25,27-31H,26H2,1H3. The first-order valence-electron chi connectivity index (χ1n) is 18.9. The number of hydrogen-bond acceptors (Lipinski definition) is 1. The summed E-state index contributed by atoms with van der Waals surface area (Å²) in [7, 11) is 0. The van der Waals surface area contributed by atoms with Crippen molar-refractivity contribution in [2.75, 3.05) is 0 Å². The van der Waals surface area contributed by atoms with Crippen molar-refractivity contribution >= 4 is 82.4 Å². The van der Waals surface area contributed by atoms with E-state index in [-0.39, 0.29) is 0 Å². The zero-order chi connectivity index (χ0) is 35.5. The lowest BCUT2D eigenvalue weighted by Gasteiger charge is -2.20. The summed E-state index contributed by atoms with van der Waals surface area (Å²) >= 11 is 0. The van der Waals surface area contributed by atoms with Crippen molar-refractivity contribution < 1.29 is 4.42 Å². The summed E-state index contributed by atoms with van der Waals surface area (Å²) in [5.41, 5.74) is 14.2. The quantitative estimate of drug-likeness (QED) is 0.181. The van der Waals surface area contributed by atoms with Crippen LogP contribution in [0.3, 0.4) is 0 Å². The Hall–Kier alpha value is -6.84. The monoisotopic (exact) mass is 690 g/mol. The van der Waals surface area contributed by atoms with Crippen molar-refractivity contribution in [2.45, 2.75) is 13.3 Å². The van der Waals surface area contributed by atoms with Gasteiger partial charge in [0.1, 0.15) is 11.2 Å². The molecule has 0 aliphatic heterocycles. The highest BCUT2D eigenvalue weighted by Gasteiger charge is 2.21. The maximum Gasteiger partial charge on any atom is 0.136 e. The van der Waals surface area contributed by atoms with E-state index in [1.54, 1.807) is 0 Å². The minimum atomic E-state index is 0.531. The Morgan fingerprint density at radius 3 is 1.94 bits per heavy atom. The van der Waals surface area contributed by atoms with Crippen LogP contribution in [0, 0.1) is 5.92 Å². The molecule has 254 valence electrons. The highest BCUT2D eigenvalue weighted by molar-refractivity contribution is 6.18. The second-order valence-corrected chi connectivity index (χ2v) is 15.0. The minimum absolute atomic E-state index is 0.531. The summed E-state index contributed by atoms with van der Waals surface area (Å²) < 4.78 is 11.4. The maximum absolute atomic E-state index is 6.47. The molecule has 3 aromatic heterocycles. The van der Waals surface area contributed by atoms with Crippen LogP contribution in [0.2, 0.25) is 0 Å². The zero-order valence-corrected chi connectivity index (χ0v) is 29.8. The van der Waals surface area contributed by atoms with Gasteiger partial charge in [-0.05, 0) is 95.1 Å². The van der Waals surface area contributed by atoms with Gasteiger partial charge in [0.25, 0.3) is 0 Å². The van der Waals surface area contributed by atoms with Crippen molar-refractivity contribution in [3.05, 3.63) is 175 Å². The van der Waals surface area contributed by atoms with E-state index in [1.165, 1.54) is 88.0 Å². The Morgan fingerprint density at radius 1 is 0.463 bits per heavy atom. The van der Waals surface area contributed by atoms with E-state index >= 15 is 0 Å². The van der Waals surface area contributed by atoms with Crippen LogP contribution in [-0.2, 0) is 6.42 Å². The number of rotatable bonds is 3. The molecule has 12 rings (SSSR count). The van der Waals surface area contributed by atoms with Crippen LogP contribution in [0.4, 0.5) is 0 Å². The number of fused-ring (bicyclic) bond motifs is 11. The van der Waals surface area contributed by atoms with Crippen molar-refractivity contribution in [3.63, 3.8) is 0 Å². The average Bonchev–Trinajstić information content (AvgIpc) is 3.86. The third-order valence-electron chi connectivity index (χ3n) is 11.8. The lowest BCUT2D eigenvalue weighted by Crippen LogP contribution is -2.07. The molecule has 3 nitrogen and oxygen atoms in total. The molecule has 1 atom stereocenters. The van der Waals surface area contributed by atoms with Crippen LogP contribution in [0.1, 0.15) is 18.1 Å². The van der Waals surface area contributed by atoms with Gasteiger partial charge >= 0.3 is 0 Å². The van der Waals surface area contributed by atoms with Crippen molar-refractivity contribution in [3.8, 4) is 22.5 Å². The summed E-state index contributed by atoms with van der Waals surface area (Å²) in [6.07, 6.45) is 5.74. The Labute approximate surface area is 311 Å². The van der Waals surface area contributed by atoms with Gasteiger partial charge in [0, 0.05) is 43.3 Å². The molecule has 3 heteroatoms. The average molecular weight is 691 g/mol. The lowest BCUT2D eigenvalue weighted by atomic mass is 9.90. The molecule has 0 saturated heterocycles. The van der Waals surface area contributed by atoms with Gasteiger partial charge in [-0.1, -0.05) is 116 Å². The highest BCUT2D eigenvalue weighted by atomic mass is 16.3. The van der Waals surface area contributed by atoms with Crippen LogP contribution >= 0.6 is 0 Å². The molecule has 0 bridgehead atoms. The van der Waals surface area contributed by atoms with E-state index in [1.807, 2.05) is 6.07 Å². The number of benzene rings is 8. The molecule has 0 amide bonds. The third-order valence-corrected chi connectivity index (χ3v) is 11.8. The molecule has 0 radical (unpaired) electrons. The molecule has 0 saturated carbocycles. The Morgan fingerprint density at radius 2 is 1.09 bits per heavy atom. The zero-order valence-electron chi connectivity index (χ0n) is 29.8. The molecule has 1 aliphatic rings. The first-order valence-corrected chi connectivity index (χ1v) is 18.9. The van der Waals surface area contributed by atoms with Gasteiger partial charge < -0.3 is 13.6 Å². The molecular formula is C51H34N2O. The van der Waals surface area contributed by atoms with E-state index in [0.717, 1.165) is 28.4 Å². The predicted molar refractivity (Wildman–Crippen MR) is 227 cm³/mol.